The molecule has 0 bridgehead atoms. The van der Waals surface area contributed by atoms with Crippen LogP contribution in [-0.4, -0.2) is 89.6 Å². The molecule has 0 aromatic heterocycles. The fourth-order valence-corrected chi connectivity index (χ4v) is 4.28. The van der Waals surface area contributed by atoms with Crippen LogP contribution >= 0.6 is 0 Å². The summed E-state index contributed by atoms with van der Waals surface area (Å²) < 4.78 is 21.9. The number of ether oxygens (including phenoxy) is 4. The van der Waals surface area contributed by atoms with E-state index >= 15 is 0 Å². The van der Waals surface area contributed by atoms with E-state index in [9.17, 15) is 25.2 Å². The van der Waals surface area contributed by atoms with Crippen LogP contribution in [0.4, 0.5) is 0 Å². The van der Waals surface area contributed by atoms with Gasteiger partial charge in [0.05, 0.1) is 19.8 Å². The molecular formula is C29H54O9. The lowest BCUT2D eigenvalue weighted by Gasteiger charge is -2.39. The fraction of sp³-hybridized carbons (Fsp3) is 0.897. The van der Waals surface area contributed by atoms with Crippen LogP contribution in [0.25, 0.3) is 0 Å². The zero-order valence-electron chi connectivity index (χ0n) is 23.7. The Kier molecular flexibility index (Phi) is 20.9. The normalized spacial score (nSPS) is 24.6. The standard InChI is InChI=1S/C29H54O9/c1-3-5-6-7-8-9-10-11-12-13-14-15-16-17-18-19-35-21-23(37-25(31)4-2)22-36-29-28(34)27(33)26(32)24(20-30)38-29/h10-11,23-24,26-30,32-34H,3-9,12-22H2,1-2H3/b11-10-. The van der Waals surface area contributed by atoms with E-state index in [0.29, 0.717) is 6.61 Å². The number of rotatable bonds is 23. The van der Waals surface area contributed by atoms with Crippen molar-refractivity contribution in [3.8, 4) is 0 Å². The van der Waals surface area contributed by atoms with Crippen LogP contribution < -0.4 is 0 Å². The van der Waals surface area contributed by atoms with Crippen molar-refractivity contribution in [1.29, 1.82) is 0 Å². The average molecular weight is 547 g/mol. The van der Waals surface area contributed by atoms with E-state index in [2.05, 4.69) is 19.1 Å². The SMILES string of the molecule is CCCCCCC/C=C\CCCCCCCCOCC(COC1OC(CO)C(O)C(O)C1O)OC(=O)CC. The van der Waals surface area contributed by atoms with Gasteiger partial charge in [0.25, 0.3) is 0 Å². The number of allylic oxidation sites excluding steroid dienone is 2. The second-order valence-electron chi connectivity index (χ2n) is 10.2. The molecule has 6 unspecified atom stereocenters. The number of carbonyl (C=O) groups is 1. The van der Waals surface area contributed by atoms with E-state index in [0.717, 1.165) is 12.8 Å². The predicted molar refractivity (Wildman–Crippen MR) is 146 cm³/mol. The van der Waals surface area contributed by atoms with Crippen LogP contribution in [0.15, 0.2) is 12.2 Å². The topological polar surface area (TPSA) is 135 Å². The second-order valence-corrected chi connectivity index (χ2v) is 10.2. The molecule has 0 radical (unpaired) electrons. The molecule has 0 aromatic carbocycles. The maximum atomic E-state index is 11.8. The molecular weight excluding hydrogens is 492 g/mol. The quantitative estimate of drug-likeness (QED) is 0.0857. The second kappa shape index (κ2) is 22.7. The minimum atomic E-state index is -1.53. The van der Waals surface area contributed by atoms with Crippen molar-refractivity contribution in [3.63, 3.8) is 0 Å². The molecule has 9 nitrogen and oxygen atoms in total. The lowest BCUT2D eigenvalue weighted by atomic mass is 9.99. The minimum Gasteiger partial charge on any atom is -0.457 e. The van der Waals surface area contributed by atoms with Gasteiger partial charge in [-0.25, -0.2) is 0 Å². The van der Waals surface area contributed by atoms with Gasteiger partial charge in [-0.3, -0.25) is 4.79 Å². The monoisotopic (exact) mass is 546 g/mol. The third kappa shape index (κ3) is 15.5. The Morgan fingerprint density at radius 2 is 1.42 bits per heavy atom. The Hall–Kier alpha value is -1.07. The summed E-state index contributed by atoms with van der Waals surface area (Å²) in [5.41, 5.74) is 0. The smallest absolute Gasteiger partial charge is 0.305 e. The van der Waals surface area contributed by atoms with E-state index in [4.69, 9.17) is 18.9 Å². The highest BCUT2D eigenvalue weighted by Crippen LogP contribution is 2.22. The number of aliphatic hydroxyl groups is 4. The van der Waals surface area contributed by atoms with Crippen molar-refractivity contribution >= 4 is 5.97 Å². The van der Waals surface area contributed by atoms with E-state index < -0.39 is 49.4 Å². The lowest BCUT2D eigenvalue weighted by molar-refractivity contribution is -0.305. The van der Waals surface area contributed by atoms with Crippen molar-refractivity contribution in [1.82, 2.24) is 0 Å². The maximum absolute atomic E-state index is 11.8. The molecule has 1 rings (SSSR count). The van der Waals surface area contributed by atoms with Gasteiger partial charge in [0.15, 0.2) is 6.29 Å². The van der Waals surface area contributed by atoms with E-state index in [1.807, 2.05) is 0 Å². The molecule has 1 fully saturated rings. The number of esters is 1. The first-order chi connectivity index (χ1) is 18.4. The zero-order valence-corrected chi connectivity index (χ0v) is 23.7. The molecule has 0 aromatic rings. The average Bonchev–Trinajstić information content (AvgIpc) is 2.92. The number of hydrogen-bond acceptors (Lipinski definition) is 9. The van der Waals surface area contributed by atoms with Gasteiger partial charge in [-0.15, -0.1) is 0 Å². The molecule has 38 heavy (non-hydrogen) atoms. The van der Waals surface area contributed by atoms with E-state index in [1.165, 1.54) is 70.6 Å². The Balaban J connectivity index is 2.15. The Morgan fingerprint density at radius 1 is 0.816 bits per heavy atom. The summed E-state index contributed by atoms with van der Waals surface area (Å²) >= 11 is 0. The van der Waals surface area contributed by atoms with E-state index in [1.54, 1.807) is 6.92 Å². The predicted octanol–water partition coefficient (Wildman–Crippen LogP) is 3.79. The first-order valence-corrected chi connectivity index (χ1v) is 14.8. The Bertz CT molecular complexity index is 599. The summed E-state index contributed by atoms with van der Waals surface area (Å²) in [5.74, 6) is -0.405. The number of aliphatic hydroxyl groups excluding tert-OH is 4. The van der Waals surface area contributed by atoms with Crippen molar-refractivity contribution in [3.05, 3.63) is 12.2 Å². The largest absolute Gasteiger partial charge is 0.457 e. The molecule has 0 aliphatic carbocycles. The number of unbranched alkanes of at least 4 members (excludes halogenated alkanes) is 11. The van der Waals surface area contributed by atoms with Crippen molar-refractivity contribution in [2.75, 3.05) is 26.4 Å². The van der Waals surface area contributed by atoms with Gasteiger partial charge in [0.1, 0.15) is 30.5 Å². The molecule has 0 amide bonds. The molecule has 224 valence electrons. The van der Waals surface area contributed by atoms with Gasteiger partial charge < -0.3 is 39.4 Å². The number of carbonyl (C=O) groups excluding carboxylic acids is 1. The van der Waals surface area contributed by atoms with Crippen LogP contribution in [0.1, 0.15) is 104 Å². The van der Waals surface area contributed by atoms with Crippen LogP contribution in [0.5, 0.6) is 0 Å². The first-order valence-electron chi connectivity index (χ1n) is 14.8. The van der Waals surface area contributed by atoms with Crippen molar-refractivity contribution in [2.24, 2.45) is 0 Å². The molecule has 1 heterocycles. The molecule has 9 heteroatoms. The van der Waals surface area contributed by atoms with Gasteiger partial charge in [-0.05, 0) is 32.1 Å². The minimum absolute atomic E-state index is 0.123. The first kappa shape index (κ1) is 35.0. The Morgan fingerprint density at radius 3 is 2.03 bits per heavy atom. The highest BCUT2D eigenvalue weighted by molar-refractivity contribution is 5.69. The van der Waals surface area contributed by atoms with Crippen LogP contribution in [0.3, 0.4) is 0 Å². The third-order valence-corrected chi connectivity index (χ3v) is 6.74. The fourth-order valence-electron chi connectivity index (χ4n) is 4.28. The van der Waals surface area contributed by atoms with Crippen LogP contribution in [0.2, 0.25) is 0 Å². The molecule has 6 atom stereocenters. The summed E-state index contributed by atoms with van der Waals surface area (Å²) in [6.45, 7) is 3.94. The summed E-state index contributed by atoms with van der Waals surface area (Å²) in [6, 6.07) is 0. The molecule has 1 aliphatic rings. The van der Waals surface area contributed by atoms with Crippen LogP contribution in [0, 0.1) is 0 Å². The number of hydrogen-bond donors (Lipinski definition) is 4. The summed E-state index contributed by atoms with van der Waals surface area (Å²) in [5, 5.41) is 39.2. The molecule has 1 aliphatic heterocycles. The molecule has 4 N–H and O–H groups in total. The van der Waals surface area contributed by atoms with Crippen molar-refractivity contribution < 1.29 is 44.2 Å². The molecule has 0 spiro atoms. The summed E-state index contributed by atoms with van der Waals surface area (Å²) in [4.78, 5) is 11.8. The van der Waals surface area contributed by atoms with Gasteiger partial charge in [-0.2, -0.15) is 0 Å². The maximum Gasteiger partial charge on any atom is 0.305 e. The highest BCUT2D eigenvalue weighted by Gasteiger charge is 2.44. The zero-order chi connectivity index (χ0) is 28.0. The van der Waals surface area contributed by atoms with Crippen LogP contribution in [-0.2, 0) is 23.7 Å². The van der Waals surface area contributed by atoms with Gasteiger partial charge in [0, 0.05) is 13.0 Å². The van der Waals surface area contributed by atoms with E-state index in [-0.39, 0.29) is 19.6 Å². The highest BCUT2D eigenvalue weighted by atomic mass is 16.7. The summed E-state index contributed by atoms with van der Waals surface area (Å²) in [7, 11) is 0. The molecule has 1 saturated heterocycles. The van der Waals surface area contributed by atoms with Crippen molar-refractivity contribution in [2.45, 2.75) is 141 Å². The summed E-state index contributed by atoms with van der Waals surface area (Å²) in [6.07, 6.45) is 13.2. The Labute approximate surface area is 229 Å². The van der Waals surface area contributed by atoms with Gasteiger partial charge in [-0.1, -0.05) is 77.4 Å². The van der Waals surface area contributed by atoms with Gasteiger partial charge in [0.2, 0.25) is 0 Å². The van der Waals surface area contributed by atoms with Gasteiger partial charge >= 0.3 is 5.97 Å². The molecule has 0 saturated carbocycles. The lowest BCUT2D eigenvalue weighted by Crippen LogP contribution is -2.59. The third-order valence-electron chi connectivity index (χ3n) is 6.74.